The molecule has 110 valence electrons. The lowest BCUT2D eigenvalue weighted by molar-refractivity contribution is -0.163. The van der Waals surface area contributed by atoms with Crippen LogP contribution in [-0.2, 0) is 16.1 Å². The van der Waals surface area contributed by atoms with Crippen LogP contribution >= 0.6 is 0 Å². The van der Waals surface area contributed by atoms with Crippen LogP contribution in [0.15, 0.2) is 30.3 Å². The Morgan fingerprint density at radius 1 is 1.35 bits per heavy atom. The number of hydrogen-bond acceptors (Lipinski definition) is 4. The molecule has 2 unspecified atom stereocenters. The molecule has 5 heteroatoms. The van der Waals surface area contributed by atoms with Gasteiger partial charge in [0.05, 0.1) is 6.10 Å². The summed E-state index contributed by atoms with van der Waals surface area (Å²) in [6.07, 6.45) is 2.22. The van der Waals surface area contributed by atoms with Crippen molar-refractivity contribution in [2.75, 3.05) is 6.54 Å². The van der Waals surface area contributed by atoms with Gasteiger partial charge >= 0.3 is 6.09 Å². The number of nitrogens with one attached hydrogen (secondary N) is 1. The van der Waals surface area contributed by atoms with Crippen LogP contribution in [0.3, 0.4) is 0 Å². The Hall–Kier alpha value is -1.59. The van der Waals surface area contributed by atoms with Crippen molar-refractivity contribution in [3.63, 3.8) is 0 Å². The molecule has 20 heavy (non-hydrogen) atoms. The van der Waals surface area contributed by atoms with Crippen LogP contribution in [0.2, 0.25) is 0 Å². The number of alkyl carbamates (subject to hydrolysis) is 1. The molecule has 2 N–H and O–H groups in total. The topological polar surface area (TPSA) is 67.8 Å². The highest BCUT2D eigenvalue weighted by atomic mass is 16.6. The van der Waals surface area contributed by atoms with Crippen LogP contribution in [-0.4, -0.2) is 30.1 Å². The lowest BCUT2D eigenvalue weighted by Gasteiger charge is -2.26. The normalized spacial score (nSPS) is 22.2. The Bertz CT molecular complexity index is 410. The lowest BCUT2D eigenvalue weighted by atomic mass is 10.1. The van der Waals surface area contributed by atoms with Gasteiger partial charge in [0.1, 0.15) is 6.61 Å². The van der Waals surface area contributed by atoms with E-state index in [1.807, 2.05) is 30.3 Å². The molecule has 1 aromatic rings. The van der Waals surface area contributed by atoms with Crippen molar-refractivity contribution < 1.29 is 19.4 Å². The molecular weight excluding hydrogens is 258 g/mol. The van der Waals surface area contributed by atoms with E-state index in [-0.39, 0.29) is 12.7 Å². The molecule has 1 aromatic carbocycles. The Kier molecular flexibility index (Phi) is 5.83. The van der Waals surface area contributed by atoms with Crippen molar-refractivity contribution in [1.29, 1.82) is 0 Å². The summed E-state index contributed by atoms with van der Waals surface area (Å²) >= 11 is 0. The standard InChI is InChI=1S/C15H21NO4/c17-14-8-4-7-13(20-14)9-10-16-15(18)19-11-12-5-2-1-3-6-12/h1-3,5-6,13-14,17H,4,7-11H2,(H,16,18). The Balaban J connectivity index is 1.58. The third kappa shape index (κ3) is 5.19. The highest BCUT2D eigenvalue weighted by molar-refractivity contribution is 5.67. The van der Waals surface area contributed by atoms with Crippen LogP contribution in [0.5, 0.6) is 0 Å². The molecular formula is C15H21NO4. The first-order chi connectivity index (χ1) is 9.74. The van der Waals surface area contributed by atoms with E-state index in [2.05, 4.69) is 5.32 Å². The highest BCUT2D eigenvalue weighted by Gasteiger charge is 2.20. The van der Waals surface area contributed by atoms with Gasteiger partial charge in [-0.25, -0.2) is 4.79 Å². The second-order valence-corrected chi connectivity index (χ2v) is 4.92. The molecule has 0 aromatic heterocycles. The summed E-state index contributed by atoms with van der Waals surface area (Å²) in [6, 6.07) is 9.54. The van der Waals surface area contributed by atoms with Gasteiger partial charge in [-0.3, -0.25) is 0 Å². The van der Waals surface area contributed by atoms with Crippen LogP contribution in [0, 0.1) is 0 Å². The summed E-state index contributed by atoms with van der Waals surface area (Å²) in [7, 11) is 0. The first kappa shape index (κ1) is 14.8. The highest BCUT2D eigenvalue weighted by Crippen LogP contribution is 2.19. The van der Waals surface area contributed by atoms with Crippen LogP contribution < -0.4 is 5.32 Å². The first-order valence-electron chi connectivity index (χ1n) is 7.02. The number of carbonyl (C=O) groups excluding carboxylic acids is 1. The summed E-state index contributed by atoms with van der Waals surface area (Å²) in [5.41, 5.74) is 0.960. The van der Waals surface area contributed by atoms with Crippen molar-refractivity contribution in [3.8, 4) is 0 Å². The van der Waals surface area contributed by atoms with Crippen LogP contribution in [0.25, 0.3) is 0 Å². The minimum absolute atomic E-state index is 0.0215. The smallest absolute Gasteiger partial charge is 0.407 e. The molecule has 0 spiro atoms. The molecule has 5 nitrogen and oxygen atoms in total. The Labute approximate surface area is 118 Å². The van der Waals surface area contributed by atoms with Gasteiger partial charge in [0.2, 0.25) is 0 Å². The van der Waals surface area contributed by atoms with E-state index in [9.17, 15) is 9.90 Å². The maximum Gasteiger partial charge on any atom is 0.407 e. The molecule has 1 aliphatic rings. The summed E-state index contributed by atoms with van der Waals surface area (Å²) < 4.78 is 10.5. The molecule has 0 aliphatic carbocycles. The number of hydrogen-bond donors (Lipinski definition) is 2. The average Bonchev–Trinajstić information content (AvgIpc) is 2.46. The number of benzene rings is 1. The lowest BCUT2D eigenvalue weighted by Crippen LogP contribution is -2.32. The van der Waals surface area contributed by atoms with Gasteiger partial charge in [-0.15, -0.1) is 0 Å². The van der Waals surface area contributed by atoms with Gasteiger partial charge in [-0.2, -0.15) is 0 Å². The summed E-state index contributed by atoms with van der Waals surface area (Å²) in [6.45, 7) is 0.760. The van der Waals surface area contributed by atoms with Crippen LogP contribution in [0.4, 0.5) is 4.79 Å². The molecule has 0 saturated carbocycles. The molecule has 0 bridgehead atoms. The van der Waals surface area contributed by atoms with Gasteiger partial charge in [0.25, 0.3) is 0 Å². The molecule has 2 rings (SSSR count). The summed E-state index contributed by atoms with van der Waals surface area (Å²) in [4.78, 5) is 11.5. The maximum atomic E-state index is 11.5. The van der Waals surface area contributed by atoms with E-state index < -0.39 is 12.4 Å². The van der Waals surface area contributed by atoms with Gasteiger partial charge in [-0.1, -0.05) is 30.3 Å². The van der Waals surface area contributed by atoms with E-state index in [0.717, 1.165) is 18.4 Å². The maximum absolute atomic E-state index is 11.5. The molecule has 1 fully saturated rings. The fourth-order valence-electron chi connectivity index (χ4n) is 2.20. The van der Waals surface area contributed by atoms with Crippen molar-refractivity contribution in [3.05, 3.63) is 35.9 Å². The summed E-state index contributed by atoms with van der Waals surface area (Å²) in [5, 5.41) is 12.1. The van der Waals surface area contributed by atoms with Crippen molar-refractivity contribution >= 4 is 6.09 Å². The van der Waals surface area contributed by atoms with Crippen molar-refractivity contribution in [1.82, 2.24) is 5.32 Å². The van der Waals surface area contributed by atoms with Crippen molar-refractivity contribution in [2.24, 2.45) is 0 Å². The third-order valence-corrected chi connectivity index (χ3v) is 3.28. The minimum Gasteiger partial charge on any atom is -0.445 e. The predicted octanol–water partition coefficient (Wildman–Crippen LogP) is 2.19. The summed E-state index contributed by atoms with van der Waals surface area (Å²) in [5.74, 6) is 0. The SMILES string of the molecule is O=C(NCCC1CCCC(O)O1)OCc1ccccc1. The largest absolute Gasteiger partial charge is 0.445 e. The molecule has 0 radical (unpaired) electrons. The fraction of sp³-hybridized carbons (Fsp3) is 0.533. The fourth-order valence-corrected chi connectivity index (χ4v) is 2.20. The zero-order valence-corrected chi connectivity index (χ0v) is 11.5. The minimum atomic E-state index is -0.654. The van der Waals surface area contributed by atoms with Crippen LogP contribution in [0.1, 0.15) is 31.2 Å². The molecule has 2 atom stereocenters. The number of amides is 1. The predicted molar refractivity (Wildman–Crippen MR) is 74.0 cm³/mol. The zero-order valence-electron chi connectivity index (χ0n) is 11.5. The van der Waals surface area contributed by atoms with E-state index in [1.54, 1.807) is 0 Å². The van der Waals surface area contributed by atoms with Crippen molar-refractivity contribution in [2.45, 2.75) is 44.7 Å². The quantitative estimate of drug-likeness (QED) is 0.867. The molecule has 1 saturated heterocycles. The Morgan fingerprint density at radius 2 is 2.15 bits per heavy atom. The molecule has 1 amide bonds. The second-order valence-electron chi connectivity index (χ2n) is 4.92. The number of aliphatic hydroxyl groups excluding tert-OH is 1. The van der Waals surface area contributed by atoms with Gasteiger partial charge < -0.3 is 19.9 Å². The number of carbonyl (C=O) groups is 1. The van der Waals surface area contributed by atoms with E-state index in [1.165, 1.54) is 0 Å². The Morgan fingerprint density at radius 3 is 2.90 bits per heavy atom. The van der Waals surface area contributed by atoms with E-state index >= 15 is 0 Å². The third-order valence-electron chi connectivity index (χ3n) is 3.28. The number of aliphatic hydroxyl groups is 1. The molecule has 1 aliphatic heterocycles. The van der Waals surface area contributed by atoms with Gasteiger partial charge in [-0.05, 0) is 31.2 Å². The van der Waals surface area contributed by atoms with Gasteiger partial charge in [0.15, 0.2) is 6.29 Å². The van der Waals surface area contributed by atoms with E-state index in [4.69, 9.17) is 9.47 Å². The van der Waals surface area contributed by atoms with Gasteiger partial charge in [0, 0.05) is 6.54 Å². The number of rotatable bonds is 5. The second kappa shape index (κ2) is 7.87. The number of ether oxygens (including phenoxy) is 2. The molecule has 1 heterocycles. The van der Waals surface area contributed by atoms with E-state index in [0.29, 0.717) is 19.4 Å². The zero-order chi connectivity index (χ0) is 14.2. The average molecular weight is 279 g/mol. The first-order valence-corrected chi connectivity index (χ1v) is 7.02. The monoisotopic (exact) mass is 279 g/mol.